The zero-order valence-electron chi connectivity index (χ0n) is 15.4. The van der Waals surface area contributed by atoms with Gasteiger partial charge in [-0.2, -0.15) is 0 Å². The molecule has 1 saturated heterocycles. The maximum Gasteiger partial charge on any atom is 0.260 e. The summed E-state index contributed by atoms with van der Waals surface area (Å²) in [5, 5.41) is 0.939. The lowest BCUT2D eigenvalue weighted by molar-refractivity contribution is -0.133. The van der Waals surface area contributed by atoms with Crippen LogP contribution in [0.1, 0.15) is 0 Å². The fraction of sp³-hybridized carbons (Fsp3) is 0.300. The van der Waals surface area contributed by atoms with Crippen molar-refractivity contribution in [1.29, 1.82) is 0 Å². The van der Waals surface area contributed by atoms with Crippen LogP contribution in [0.2, 0.25) is 0 Å². The van der Waals surface area contributed by atoms with Crippen molar-refractivity contribution in [3.8, 4) is 11.5 Å². The average molecular weight is 401 g/mol. The van der Waals surface area contributed by atoms with Crippen LogP contribution in [0.3, 0.4) is 0 Å². The molecule has 4 rings (SSSR count). The Hall–Kier alpha value is -2.87. The third kappa shape index (κ3) is 3.87. The number of anilines is 1. The maximum atomic E-state index is 12.9. The van der Waals surface area contributed by atoms with Crippen LogP contribution in [-0.2, 0) is 4.79 Å². The molecule has 0 bridgehead atoms. The normalized spacial score (nSPS) is 14.4. The van der Waals surface area contributed by atoms with Crippen LogP contribution in [-0.4, -0.2) is 55.7 Å². The van der Waals surface area contributed by atoms with Gasteiger partial charge in [0.1, 0.15) is 22.8 Å². The van der Waals surface area contributed by atoms with Gasteiger partial charge >= 0.3 is 0 Å². The number of para-hydroxylation sites is 1. The van der Waals surface area contributed by atoms with Crippen LogP contribution < -0.4 is 14.4 Å². The van der Waals surface area contributed by atoms with Crippen LogP contribution in [0.15, 0.2) is 42.5 Å². The van der Waals surface area contributed by atoms with E-state index in [-0.39, 0.29) is 18.3 Å². The van der Waals surface area contributed by atoms with Crippen LogP contribution in [0, 0.1) is 5.82 Å². The first-order valence-electron chi connectivity index (χ1n) is 8.98. The Kier molecular flexibility index (Phi) is 5.29. The molecule has 1 aliphatic rings. The molecule has 146 valence electrons. The predicted octanol–water partition coefficient (Wildman–Crippen LogP) is 3.17. The third-order valence-corrected chi connectivity index (χ3v) is 5.75. The molecule has 1 aliphatic heterocycles. The van der Waals surface area contributed by atoms with Crippen LogP contribution in [0.25, 0.3) is 10.2 Å². The molecule has 2 heterocycles. The summed E-state index contributed by atoms with van der Waals surface area (Å²) in [6.07, 6.45) is 0. The molecule has 6 nitrogen and oxygen atoms in total. The number of carbonyl (C=O) groups excluding carboxylic acids is 1. The van der Waals surface area contributed by atoms with Gasteiger partial charge in [0.25, 0.3) is 5.91 Å². The number of hydrogen-bond donors (Lipinski definition) is 0. The van der Waals surface area contributed by atoms with Crippen molar-refractivity contribution in [3.63, 3.8) is 0 Å². The summed E-state index contributed by atoms with van der Waals surface area (Å²) in [5.41, 5.74) is 0.871. The first-order valence-corrected chi connectivity index (χ1v) is 9.80. The highest BCUT2D eigenvalue weighted by Crippen LogP contribution is 2.34. The van der Waals surface area contributed by atoms with E-state index < -0.39 is 0 Å². The number of methoxy groups -OCH3 is 1. The van der Waals surface area contributed by atoms with E-state index in [0.29, 0.717) is 31.9 Å². The molecular weight excluding hydrogens is 381 g/mol. The van der Waals surface area contributed by atoms with Crippen molar-refractivity contribution >= 4 is 32.6 Å². The Morgan fingerprint density at radius 2 is 1.89 bits per heavy atom. The number of halogens is 1. The first kappa shape index (κ1) is 18.5. The molecule has 0 unspecified atom stereocenters. The molecule has 3 aromatic rings. The van der Waals surface area contributed by atoms with Crippen molar-refractivity contribution < 1.29 is 18.7 Å². The van der Waals surface area contributed by atoms with Crippen molar-refractivity contribution in [2.45, 2.75) is 0 Å². The second kappa shape index (κ2) is 8.02. The number of amides is 1. The van der Waals surface area contributed by atoms with Crippen LogP contribution in [0.4, 0.5) is 9.52 Å². The summed E-state index contributed by atoms with van der Waals surface area (Å²) in [4.78, 5) is 21.1. The number of thiazole rings is 1. The molecule has 1 aromatic heterocycles. The minimum absolute atomic E-state index is 0.0516. The average Bonchev–Trinajstić information content (AvgIpc) is 3.17. The molecule has 1 fully saturated rings. The Bertz CT molecular complexity index is 968. The number of aromatic nitrogens is 1. The number of piperazine rings is 1. The zero-order valence-corrected chi connectivity index (χ0v) is 16.2. The second-order valence-electron chi connectivity index (χ2n) is 6.41. The lowest BCUT2D eigenvalue weighted by atomic mass is 10.3. The Labute approximate surface area is 166 Å². The summed E-state index contributed by atoms with van der Waals surface area (Å²) in [7, 11) is 1.65. The largest absolute Gasteiger partial charge is 0.494 e. The van der Waals surface area contributed by atoms with Gasteiger partial charge < -0.3 is 19.3 Å². The number of ether oxygens (including phenoxy) is 2. The highest BCUT2D eigenvalue weighted by molar-refractivity contribution is 7.22. The van der Waals surface area contributed by atoms with Gasteiger partial charge in [0.15, 0.2) is 11.7 Å². The topological polar surface area (TPSA) is 54.9 Å². The molecule has 8 heteroatoms. The number of fused-ring (bicyclic) bond motifs is 1. The summed E-state index contributed by atoms with van der Waals surface area (Å²) in [5.74, 6) is 0.848. The molecular formula is C20H20FN3O3S. The van der Waals surface area contributed by atoms with Crippen molar-refractivity contribution in [2.75, 3.05) is 44.8 Å². The molecule has 2 aromatic carbocycles. The molecule has 0 radical (unpaired) electrons. The monoisotopic (exact) mass is 401 g/mol. The third-order valence-electron chi connectivity index (χ3n) is 4.67. The molecule has 1 amide bonds. The quantitative estimate of drug-likeness (QED) is 0.657. The first-order chi connectivity index (χ1) is 13.6. The minimum Gasteiger partial charge on any atom is -0.494 e. The van der Waals surface area contributed by atoms with Gasteiger partial charge in [0, 0.05) is 26.2 Å². The van der Waals surface area contributed by atoms with E-state index in [9.17, 15) is 9.18 Å². The molecule has 0 aliphatic carbocycles. The van der Waals surface area contributed by atoms with Crippen molar-refractivity contribution in [2.24, 2.45) is 0 Å². The van der Waals surface area contributed by atoms with E-state index in [4.69, 9.17) is 14.5 Å². The number of benzene rings is 2. The van der Waals surface area contributed by atoms with E-state index >= 15 is 0 Å². The van der Waals surface area contributed by atoms with Crippen LogP contribution in [0.5, 0.6) is 11.5 Å². The maximum absolute atomic E-state index is 12.9. The summed E-state index contributed by atoms with van der Waals surface area (Å²) >= 11 is 1.63. The molecule has 28 heavy (non-hydrogen) atoms. The Balaban J connectivity index is 1.34. The number of hydrogen-bond acceptors (Lipinski definition) is 6. The van der Waals surface area contributed by atoms with Gasteiger partial charge in [-0.15, -0.1) is 0 Å². The van der Waals surface area contributed by atoms with Crippen molar-refractivity contribution in [1.82, 2.24) is 9.88 Å². The molecule has 0 atom stereocenters. The van der Waals surface area contributed by atoms with Crippen LogP contribution >= 0.6 is 11.3 Å². The van der Waals surface area contributed by atoms with E-state index in [1.54, 1.807) is 23.3 Å². The Morgan fingerprint density at radius 3 is 2.61 bits per heavy atom. The minimum atomic E-state index is -0.331. The smallest absolute Gasteiger partial charge is 0.260 e. The number of carbonyl (C=O) groups is 1. The Morgan fingerprint density at radius 1 is 1.14 bits per heavy atom. The highest BCUT2D eigenvalue weighted by Gasteiger charge is 2.23. The van der Waals surface area contributed by atoms with E-state index in [0.717, 1.165) is 21.1 Å². The molecule has 0 N–H and O–H groups in total. The lowest BCUT2D eigenvalue weighted by Crippen LogP contribution is -2.50. The summed E-state index contributed by atoms with van der Waals surface area (Å²) in [6, 6.07) is 11.6. The van der Waals surface area contributed by atoms with E-state index in [1.807, 2.05) is 18.2 Å². The van der Waals surface area contributed by atoms with Gasteiger partial charge in [-0.25, -0.2) is 9.37 Å². The van der Waals surface area contributed by atoms with Gasteiger partial charge in [0.05, 0.1) is 11.8 Å². The van der Waals surface area contributed by atoms with Gasteiger partial charge in [-0.05, 0) is 36.4 Å². The predicted molar refractivity (Wildman–Crippen MR) is 107 cm³/mol. The highest BCUT2D eigenvalue weighted by atomic mass is 32.1. The second-order valence-corrected chi connectivity index (χ2v) is 7.42. The zero-order chi connectivity index (χ0) is 19.5. The fourth-order valence-electron chi connectivity index (χ4n) is 3.13. The standard InChI is InChI=1S/C20H20FN3O3S/c1-26-16-3-2-4-17-19(16)22-20(28-17)24-11-9-23(10-12-24)18(25)13-27-15-7-5-14(21)6-8-15/h2-8H,9-13H2,1H3. The molecule has 0 spiro atoms. The van der Waals surface area contributed by atoms with E-state index in [2.05, 4.69) is 4.90 Å². The lowest BCUT2D eigenvalue weighted by Gasteiger charge is -2.34. The SMILES string of the molecule is COc1cccc2sc(N3CCN(C(=O)COc4ccc(F)cc4)CC3)nc12. The fourth-order valence-corrected chi connectivity index (χ4v) is 4.16. The number of rotatable bonds is 5. The van der Waals surface area contributed by atoms with Gasteiger partial charge in [-0.3, -0.25) is 4.79 Å². The van der Waals surface area contributed by atoms with Crippen molar-refractivity contribution in [3.05, 3.63) is 48.3 Å². The van der Waals surface area contributed by atoms with E-state index in [1.165, 1.54) is 24.3 Å². The number of nitrogens with zero attached hydrogens (tertiary/aromatic N) is 3. The summed E-state index contributed by atoms with van der Waals surface area (Å²) < 4.78 is 24.8. The van der Waals surface area contributed by atoms with Gasteiger partial charge in [-0.1, -0.05) is 17.4 Å². The summed E-state index contributed by atoms with van der Waals surface area (Å²) in [6.45, 7) is 2.59. The van der Waals surface area contributed by atoms with Gasteiger partial charge in [0.2, 0.25) is 0 Å². The molecule has 0 saturated carbocycles.